The first kappa shape index (κ1) is 14.0. The molecule has 0 amide bonds. The molecule has 20 heavy (non-hydrogen) atoms. The van der Waals surface area contributed by atoms with E-state index >= 15 is 0 Å². The van der Waals surface area contributed by atoms with Gasteiger partial charge < -0.3 is 5.32 Å². The number of nitriles is 1. The van der Waals surface area contributed by atoms with E-state index in [2.05, 4.69) is 10.7 Å². The highest BCUT2D eigenvalue weighted by Crippen LogP contribution is 2.29. The molecule has 102 valence electrons. The maximum Gasteiger partial charge on any atom is 0.309 e. The van der Waals surface area contributed by atoms with E-state index in [4.69, 9.17) is 5.26 Å². The standard InChI is InChI=1S/C14H13N3O2S/c1-10(7-11-5-6-20-9-11)16-13-4-2-3-12(8-15)14(13)17(18)19/h2-6,9-10,16H,7H2,1H3. The smallest absolute Gasteiger partial charge is 0.309 e. The van der Waals surface area contributed by atoms with Crippen LogP contribution in [-0.2, 0) is 6.42 Å². The van der Waals surface area contributed by atoms with Crippen LogP contribution < -0.4 is 5.32 Å². The Morgan fingerprint density at radius 3 is 2.90 bits per heavy atom. The largest absolute Gasteiger partial charge is 0.377 e. The Morgan fingerprint density at radius 2 is 2.30 bits per heavy atom. The number of benzene rings is 1. The van der Waals surface area contributed by atoms with Crippen LogP contribution >= 0.6 is 11.3 Å². The summed E-state index contributed by atoms with van der Waals surface area (Å²) in [6.45, 7) is 1.96. The summed E-state index contributed by atoms with van der Waals surface area (Å²) in [5, 5.41) is 27.2. The summed E-state index contributed by atoms with van der Waals surface area (Å²) >= 11 is 1.62. The SMILES string of the molecule is CC(Cc1ccsc1)Nc1cccc(C#N)c1[N+](=O)[O-]. The van der Waals surface area contributed by atoms with Crippen LogP contribution in [0.1, 0.15) is 18.1 Å². The zero-order chi connectivity index (χ0) is 14.5. The summed E-state index contributed by atoms with van der Waals surface area (Å²) in [4.78, 5) is 10.6. The number of nitrogens with zero attached hydrogens (tertiary/aromatic N) is 2. The van der Waals surface area contributed by atoms with Crippen LogP contribution in [0.3, 0.4) is 0 Å². The summed E-state index contributed by atoms with van der Waals surface area (Å²) in [5.74, 6) is 0. The van der Waals surface area contributed by atoms with Crippen molar-refractivity contribution >= 4 is 22.7 Å². The van der Waals surface area contributed by atoms with Crippen molar-refractivity contribution in [3.63, 3.8) is 0 Å². The minimum Gasteiger partial charge on any atom is -0.377 e. The fourth-order valence-electron chi connectivity index (χ4n) is 2.03. The normalized spacial score (nSPS) is 11.6. The van der Waals surface area contributed by atoms with Crippen LogP contribution in [0.4, 0.5) is 11.4 Å². The van der Waals surface area contributed by atoms with Gasteiger partial charge in [-0.15, -0.1) is 0 Å². The predicted octanol–water partition coefficient (Wildman–Crippen LogP) is 3.57. The van der Waals surface area contributed by atoms with Gasteiger partial charge in [0, 0.05) is 6.04 Å². The van der Waals surface area contributed by atoms with Crippen LogP contribution in [-0.4, -0.2) is 11.0 Å². The summed E-state index contributed by atoms with van der Waals surface area (Å²) in [7, 11) is 0. The molecular weight excluding hydrogens is 274 g/mol. The summed E-state index contributed by atoms with van der Waals surface area (Å²) < 4.78 is 0. The second kappa shape index (κ2) is 6.17. The number of rotatable bonds is 5. The monoisotopic (exact) mass is 287 g/mol. The zero-order valence-corrected chi connectivity index (χ0v) is 11.7. The third kappa shape index (κ3) is 3.13. The van der Waals surface area contributed by atoms with Gasteiger partial charge in [-0.3, -0.25) is 10.1 Å². The van der Waals surface area contributed by atoms with Gasteiger partial charge in [0.25, 0.3) is 0 Å². The van der Waals surface area contributed by atoms with Gasteiger partial charge in [0.15, 0.2) is 0 Å². The molecule has 0 aliphatic heterocycles. The highest BCUT2D eigenvalue weighted by molar-refractivity contribution is 7.07. The molecule has 0 fully saturated rings. The molecule has 1 heterocycles. The molecule has 0 radical (unpaired) electrons. The molecule has 0 aliphatic carbocycles. The lowest BCUT2D eigenvalue weighted by Gasteiger charge is -2.15. The van der Waals surface area contributed by atoms with Gasteiger partial charge in [0.2, 0.25) is 0 Å². The molecule has 6 heteroatoms. The Morgan fingerprint density at radius 1 is 1.50 bits per heavy atom. The second-order valence-corrected chi connectivity index (χ2v) is 5.23. The lowest BCUT2D eigenvalue weighted by molar-refractivity contribution is -0.384. The third-order valence-corrected chi connectivity index (χ3v) is 3.59. The summed E-state index contributed by atoms with van der Waals surface area (Å²) in [6.07, 6.45) is 0.775. The number of nitrogens with one attached hydrogen (secondary N) is 1. The minimum absolute atomic E-state index is 0.0391. The molecule has 1 N–H and O–H groups in total. The van der Waals surface area contributed by atoms with Crippen molar-refractivity contribution in [2.75, 3.05) is 5.32 Å². The number of hydrogen-bond donors (Lipinski definition) is 1. The van der Waals surface area contributed by atoms with Gasteiger partial charge in [-0.05, 0) is 47.9 Å². The van der Waals surface area contributed by atoms with Crippen LogP contribution in [0, 0.1) is 21.4 Å². The maximum absolute atomic E-state index is 11.1. The van der Waals surface area contributed by atoms with Crippen molar-refractivity contribution in [3.05, 3.63) is 56.3 Å². The first-order valence-corrected chi connectivity index (χ1v) is 7.01. The first-order valence-electron chi connectivity index (χ1n) is 6.07. The molecule has 1 atom stereocenters. The van der Waals surface area contributed by atoms with Crippen molar-refractivity contribution in [3.8, 4) is 6.07 Å². The van der Waals surface area contributed by atoms with Crippen LogP contribution in [0.25, 0.3) is 0 Å². The topological polar surface area (TPSA) is 79.0 Å². The van der Waals surface area contributed by atoms with Crippen molar-refractivity contribution in [2.24, 2.45) is 0 Å². The Hall–Kier alpha value is -2.39. The molecular formula is C14H13N3O2S. The van der Waals surface area contributed by atoms with Gasteiger partial charge in [0.1, 0.15) is 17.3 Å². The lowest BCUT2D eigenvalue weighted by Crippen LogP contribution is -2.18. The number of thiophene rings is 1. The molecule has 0 saturated heterocycles. The number of anilines is 1. The molecule has 5 nitrogen and oxygen atoms in total. The van der Waals surface area contributed by atoms with Gasteiger partial charge >= 0.3 is 5.69 Å². The quantitative estimate of drug-likeness (QED) is 0.673. The fourth-order valence-corrected chi connectivity index (χ4v) is 2.71. The highest BCUT2D eigenvalue weighted by atomic mass is 32.1. The van der Waals surface area contributed by atoms with E-state index in [9.17, 15) is 10.1 Å². The van der Waals surface area contributed by atoms with E-state index in [0.717, 1.165) is 6.42 Å². The number of nitro groups is 1. The average molecular weight is 287 g/mol. The molecule has 0 saturated carbocycles. The zero-order valence-electron chi connectivity index (χ0n) is 10.9. The summed E-state index contributed by atoms with van der Waals surface area (Å²) in [5.41, 5.74) is 1.49. The van der Waals surface area contributed by atoms with Gasteiger partial charge in [-0.2, -0.15) is 16.6 Å². The van der Waals surface area contributed by atoms with Crippen LogP contribution in [0.15, 0.2) is 35.0 Å². The van der Waals surface area contributed by atoms with E-state index < -0.39 is 4.92 Å². The number of hydrogen-bond acceptors (Lipinski definition) is 5. The van der Waals surface area contributed by atoms with Crippen LogP contribution in [0.5, 0.6) is 0 Å². The predicted molar refractivity (Wildman–Crippen MR) is 78.9 cm³/mol. The fraction of sp³-hybridized carbons (Fsp3) is 0.214. The molecule has 0 aliphatic rings. The van der Waals surface area contributed by atoms with Gasteiger partial charge in [0.05, 0.1) is 4.92 Å². The molecule has 2 rings (SSSR count). The van der Waals surface area contributed by atoms with E-state index in [1.807, 2.05) is 24.4 Å². The second-order valence-electron chi connectivity index (χ2n) is 4.45. The van der Waals surface area contributed by atoms with E-state index in [-0.39, 0.29) is 17.3 Å². The Labute approximate surface area is 120 Å². The third-order valence-electron chi connectivity index (χ3n) is 2.86. The van der Waals surface area contributed by atoms with E-state index in [1.54, 1.807) is 23.5 Å². The minimum atomic E-state index is -0.516. The number of nitro benzene ring substituents is 1. The van der Waals surface area contributed by atoms with Crippen molar-refractivity contribution in [2.45, 2.75) is 19.4 Å². The summed E-state index contributed by atoms with van der Waals surface area (Å²) in [6, 6.07) is 8.65. The molecule has 0 bridgehead atoms. The molecule has 0 spiro atoms. The number of para-hydroxylation sites is 1. The van der Waals surface area contributed by atoms with Crippen molar-refractivity contribution < 1.29 is 4.92 Å². The van der Waals surface area contributed by atoms with E-state index in [1.165, 1.54) is 11.6 Å². The Balaban J connectivity index is 2.21. The molecule has 1 aromatic heterocycles. The molecule has 1 unspecified atom stereocenters. The van der Waals surface area contributed by atoms with E-state index in [0.29, 0.717) is 5.69 Å². The maximum atomic E-state index is 11.1. The van der Waals surface area contributed by atoms with Crippen LogP contribution in [0.2, 0.25) is 0 Å². The van der Waals surface area contributed by atoms with Crippen molar-refractivity contribution in [1.82, 2.24) is 0 Å². The van der Waals surface area contributed by atoms with Crippen molar-refractivity contribution in [1.29, 1.82) is 5.26 Å². The lowest BCUT2D eigenvalue weighted by atomic mass is 10.1. The van der Waals surface area contributed by atoms with Gasteiger partial charge in [-0.1, -0.05) is 6.07 Å². The van der Waals surface area contributed by atoms with Gasteiger partial charge in [-0.25, -0.2) is 0 Å². The Bertz CT molecular complexity index is 647. The Kier molecular flexibility index (Phi) is 4.33. The first-order chi connectivity index (χ1) is 9.61. The molecule has 1 aromatic carbocycles. The average Bonchev–Trinajstić information content (AvgIpc) is 2.90. The molecule has 2 aromatic rings. The highest BCUT2D eigenvalue weighted by Gasteiger charge is 2.20.